The van der Waals surface area contributed by atoms with Gasteiger partial charge in [0, 0.05) is 16.3 Å². The van der Waals surface area contributed by atoms with Gasteiger partial charge in [0.05, 0.1) is 5.02 Å². The Morgan fingerprint density at radius 3 is 2.26 bits per heavy atom. The lowest BCUT2D eigenvalue weighted by atomic mass is 9.91. The predicted octanol–water partition coefficient (Wildman–Crippen LogP) is 4.86. The van der Waals surface area contributed by atoms with Crippen molar-refractivity contribution in [3.05, 3.63) is 40.9 Å². The third-order valence-electron chi connectivity index (χ3n) is 3.71. The van der Waals surface area contributed by atoms with E-state index < -0.39 is 0 Å². The van der Waals surface area contributed by atoms with Gasteiger partial charge in [-0.3, -0.25) is 0 Å². The monoisotopic (exact) mass is 274 g/mol. The number of phenols is 2. The summed E-state index contributed by atoms with van der Waals surface area (Å²) < 4.78 is 0. The van der Waals surface area contributed by atoms with Gasteiger partial charge in [0.2, 0.25) is 0 Å². The van der Waals surface area contributed by atoms with E-state index >= 15 is 0 Å². The summed E-state index contributed by atoms with van der Waals surface area (Å²) >= 11 is 6.26. The second-order valence-electron chi connectivity index (χ2n) is 4.91. The van der Waals surface area contributed by atoms with Crippen molar-refractivity contribution in [1.82, 2.24) is 0 Å². The van der Waals surface area contributed by atoms with Gasteiger partial charge < -0.3 is 10.2 Å². The average molecular weight is 275 g/mol. The molecule has 0 radical (unpaired) electrons. The predicted molar refractivity (Wildman–Crippen MR) is 78.7 cm³/mol. The number of fused-ring (bicyclic) bond motifs is 1. The van der Waals surface area contributed by atoms with Crippen LogP contribution < -0.4 is 0 Å². The molecule has 0 aromatic heterocycles. The summed E-state index contributed by atoms with van der Waals surface area (Å²) in [5.74, 6) is 0.225. The summed E-state index contributed by atoms with van der Waals surface area (Å²) in [6.45, 7) is 0. The van der Waals surface area contributed by atoms with Crippen LogP contribution in [0.1, 0.15) is 31.2 Å². The molecule has 1 aliphatic carbocycles. The van der Waals surface area contributed by atoms with E-state index in [0.717, 1.165) is 24.8 Å². The lowest BCUT2D eigenvalue weighted by molar-refractivity contribution is 0.468. The van der Waals surface area contributed by atoms with Crippen molar-refractivity contribution >= 4 is 27.9 Å². The van der Waals surface area contributed by atoms with Crippen molar-refractivity contribution < 1.29 is 10.2 Å². The second kappa shape index (κ2) is 4.78. The normalized spacial score (nSPS) is 15.5. The van der Waals surface area contributed by atoms with Gasteiger partial charge in [-0.2, -0.15) is 0 Å². The van der Waals surface area contributed by atoms with E-state index in [2.05, 4.69) is 6.08 Å². The number of aromatic hydroxyl groups is 2. The number of phenolic OH excluding ortho intramolecular Hbond substituents is 2. The highest BCUT2D eigenvalue weighted by atomic mass is 35.5. The van der Waals surface area contributed by atoms with E-state index in [0.29, 0.717) is 16.3 Å². The van der Waals surface area contributed by atoms with E-state index in [9.17, 15) is 10.2 Å². The standard InChI is InChI=1S/C16H15ClO2/c17-14-13(10-6-2-1-3-7-10)15(18)11-8-4-5-9-12(11)16(14)19/h4-6,8-9,18-19H,1-3,7H2. The van der Waals surface area contributed by atoms with Gasteiger partial charge >= 0.3 is 0 Å². The van der Waals surface area contributed by atoms with Crippen LogP contribution in [0.4, 0.5) is 0 Å². The Kier molecular flexibility index (Phi) is 3.11. The average Bonchev–Trinajstić information content (AvgIpc) is 2.46. The van der Waals surface area contributed by atoms with Crippen molar-refractivity contribution in [1.29, 1.82) is 0 Å². The van der Waals surface area contributed by atoms with Gasteiger partial charge in [0.25, 0.3) is 0 Å². The molecular formula is C16H15ClO2. The van der Waals surface area contributed by atoms with Crippen LogP contribution in [-0.2, 0) is 0 Å². The van der Waals surface area contributed by atoms with Crippen LogP contribution in [-0.4, -0.2) is 10.2 Å². The van der Waals surface area contributed by atoms with Crippen molar-refractivity contribution in [2.75, 3.05) is 0 Å². The van der Waals surface area contributed by atoms with Crippen molar-refractivity contribution in [2.45, 2.75) is 25.7 Å². The Labute approximate surface area is 116 Å². The molecule has 3 heteroatoms. The van der Waals surface area contributed by atoms with E-state index in [1.807, 2.05) is 12.1 Å². The first-order valence-electron chi connectivity index (χ1n) is 6.51. The molecule has 0 atom stereocenters. The van der Waals surface area contributed by atoms with Crippen LogP contribution in [0.5, 0.6) is 11.5 Å². The maximum atomic E-state index is 10.5. The topological polar surface area (TPSA) is 40.5 Å². The Bertz CT molecular complexity index is 674. The van der Waals surface area contributed by atoms with Crippen molar-refractivity contribution in [3.63, 3.8) is 0 Å². The molecule has 1 aliphatic rings. The number of hydrogen-bond donors (Lipinski definition) is 2. The first kappa shape index (κ1) is 12.4. The maximum Gasteiger partial charge on any atom is 0.142 e. The lowest BCUT2D eigenvalue weighted by Gasteiger charge is -2.18. The molecule has 0 fully saturated rings. The zero-order chi connectivity index (χ0) is 13.4. The third kappa shape index (κ3) is 1.96. The van der Waals surface area contributed by atoms with Crippen LogP contribution in [0, 0.1) is 0 Å². The first-order chi connectivity index (χ1) is 9.20. The number of hydrogen-bond acceptors (Lipinski definition) is 2. The van der Waals surface area contributed by atoms with Crippen molar-refractivity contribution in [3.8, 4) is 11.5 Å². The van der Waals surface area contributed by atoms with Crippen LogP contribution in [0.15, 0.2) is 30.3 Å². The molecular weight excluding hydrogens is 260 g/mol. The molecule has 0 saturated carbocycles. The molecule has 0 aliphatic heterocycles. The molecule has 0 spiro atoms. The molecule has 98 valence electrons. The van der Waals surface area contributed by atoms with Crippen LogP contribution in [0.25, 0.3) is 16.3 Å². The van der Waals surface area contributed by atoms with Crippen LogP contribution >= 0.6 is 11.6 Å². The molecule has 0 saturated heterocycles. The molecule has 2 aromatic carbocycles. The van der Waals surface area contributed by atoms with Crippen LogP contribution in [0.3, 0.4) is 0 Å². The van der Waals surface area contributed by atoms with E-state index in [1.54, 1.807) is 12.1 Å². The summed E-state index contributed by atoms with van der Waals surface area (Å²) in [5.41, 5.74) is 1.63. The third-order valence-corrected chi connectivity index (χ3v) is 4.08. The number of benzene rings is 2. The maximum absolute atomic E-state index is 10.5. The molecule has 0 unspecified atom stereocenters. The summed E-state index contributed by atoms with van der Waals surface area (Å²) in [4.78, 5) is 0. The molecule has 3 rings (SSSR count). The fourth-order valence-corrected chi connectivity index (χ4v) is 3.04. The summed E-state index contributed by atoms with van der Waals surface area (Å²) in [6, 6.07) is 7.22. The molecule has 0 heterocycles. The van der Waals surface area contributed by atoms with Gasteiger partial charge in [-0.25, -0.2) is 0 Å². The molecule has 0 bridgehead atoms. The van der Waals surface area contributed by atoms with E-state index in [-0.39, 0.29) is 16.5 Å². The SMILES string of the molecule is Oc1c(Cl)c(C2=CCCCC2)c(O)c2ccccc12. The lowest BCUT2D eigenvalue weighted by Crippen LogP contribution is -1.94. The van der Waals surface area contributed by atoms with E-state index in [4.69, 9.17) is 11.6 Å². The molecule has 2 aromatic rings. The number of rotatable bonds is 1. The minimum Gasteiger partial charge on any atom is -0.507 e. The molecule has 19 heavy (non-hydrogen) atoms. The Hall–Kier alpha value is -1.67. The minimum absolute atomic E-state index is 0.0524. The Morgan fingerprint density at radius 1 is 0.947 bits per heavy atom. The van der Waals surface area contributed by atoms with Gasteiger partial charge in [-0.15, -0.1) is 0 Å². The molecule has 2 N–H and O–H groups in total. The van der Waals surface area contributed by atoms with Gasteiger partial charge in [0.15, 0.2) is 0 Å². The fourth-order valence-electron chi connectivity index (χ4n) is 2.73. The van der Waals surface area contributed by atoms with Gasteiger partial charge in [-0.05, 0) is 31.3 Å². The zero-order valence-corrected chi connectivity index (χ0v) is 11.2. The summed E-state index contributed by atoms with van der Waals surface area (Å²) in [6.07, 6.45) is 6.26. The minimum atomic E-state index is 0.0524. The summed E-state index contributed by atoms with van der Waals surface area (Å²) in [7, 11) is 0. The highest BCUT2D eigenvalue weighted by Crippen LogP contribution is 2.47. The fraction of sp³-hybridized carbons (Fsp3) is 0.250. The van der Waals surface area contributed by atoms with Gasteiger partial charge in [0.1, 0.15) is 11.5 Å². The largest absolute Gasteiger partial charge is 0.507 e. The Balaban J connectivity index is 2.33. The molecule has 2 nitrogen and oxygen atoms in total. The number of allylic oxidation sites excluding steroid dienone is 2. The number of halogens is 1. The zero-order valence-electron chi connectivity index (χ0n) is 10.5. The quantitative estimate of drug-likeness (QED) is 0.729. The Morgan fingerprint density at radius 2 is 1.63 bits per heavy atom. The second-order valence-corrected chi connectivity index (χ2v) is 5.28. The highest BCUT2D eigenvalue weighted by Gasteiger charge is 2.20. The van der Waals surface area contributed by atoms with Crippen LogP contribution in [0.2, 0.25) is 5.02 Å². The van der Waals surface area contributed by atoms with Crippen molar-refractivity contribution in [2.24, 2.45) is 0 Å². The van der Waals surface area contributed by atoms with Gasteiger partial charge in [-0.1, -0.05) is 41.9 Å². The van der Waals surface area contributed by atoms with E-state index in [1.165, 1.54) is 6.42 Å². The first-order valence-corrected chi connectivity index (χ1v) is 6.89. The smallest absolute Gasteiger partial charge is 0.142 e. The summed E-state index contributed by atoms with van der Waals surface area (Å²) in [5, 5.41) is 22.2. The molecule has 0 amide bonds. The highest BCUT2D eigenvalue weighted by molar-refractivity contribution is 6.35.